The number of hydrogen-bond donors (Lipinski definition) is 0. The van der Waals surface area contributed by atoms with Gasteiger partial charge in [0.2, 0.25) is 16.5 Å². The van der Waals surface area contributed by atoms with Gasteiger partial charge in [-0.2, -0.15) is 9.61 Å². The van der Waals surface area contributed by atoms with Crippen molar-refractivity contribution in [2.24, 2.45) is 0 Å². The van der Waals surface area contributed by atoms with Crippen molar-refractivity contribution in [3.8, 4) is 39.4 Å². The van der Waals surface area contributed by atoms with Gasteiger partial charge in [-0.25, -0.2) is 0 Å². The van der Waals surface area contributed by atoms with Crippen molar-refractivity contribution < 1.29 is 18.6 Å². The van der Waals surface area contributed by atoms with Crippen LogP contribution in [0.4, 0.5) is 0 Å². The lowest BCUT2D eigenvalue weighted by molar-refractivity contribution is 0.324. The first-order valence-corrected chi connectivity index (χ1v) is 9.97. The molecule has 0 bridgehead atoms. The quantitative estimate of drug-likeness (QED) is 0.409. The van der Waals surface area contributed by atoms with E-state index in [9.17, 15) is 0 Å². The average Bonchev–Trinajstić information content (AvgIpc) is 3.46. The number of nitrogens with zero attached hydrogens (tertiary/aromatic N) is 4. The van der Waals surface area contributed by atoms with Gasteiger partial charge in [0, 0.05) is 16.5 Å². The summed E-state index contributed by atoms with van der Waals surface area (Å²) < 4.78 is 24.1. The molecule has 0 aliphatic carbocycles. The van der Waals surface area contributed by atoms with Gasteiger partial charge in [-0.05, 0) is 25.1 Å². The van der Waals surface area contributed by atoms with Gasteiger partial charge < -0.3 is 18.6 Å². The summed E-state index contributed by atoms with van der Waals surface area (Å²) in [6, 6.07) is 11.6. The van der Waals surface area contributed by atoms with E-state index < -0.39 is 0 Å². The average molecular weight is 422 g/mol. The Balaban J connectivity index is 1.66. The minimum atomic E-state index is 0.533. The Labute approximate surface area is 175 Å². The molecular formula is C21H18N4O4S. The van der Waals surface area contributed by atoms with Gasteiger partial charge in [0.1, 0.15) is 10.6 Å². The van der Waals surface area contributed by atoms with Gasteiger partial charge in [-0.15, -0.1) is 10.2 Å². The third kappa shape index (κ3) is 2.70. The van der Waals surface area contributed by atoms with Gasteiger partial charge in [-0.1, -0.05) is 29.5 Å². The van der Waals surface area contributed by atoms with Crippen molar-refractivity contribution >= 4 is 27.3 Å². The van der Waals surface area contributed by atoms with E-state index >= 15 is 0 Å². The molecule has 8 nitrogen and oxygen atoms in total. The van der Waals surface area contributed by atoms with E-state index in [4.69, 9.17) is 23.7 Å². The van der Waals surface area contributed by atoms with Crippen molar-refractivity contribution in [3.05, 3.63) is 42.0 Å². The number of aryl methyl sites for hydroxylation is 1. The fraction of sp³-hybridized carbons (Fsp3) is 0.190. The highest BCUT2D eigenvalue weighted by Gasteiger charge is 2.22. The molecule has 30 heavy (non-hydrogen) atoms. The second-order valence-corrected chi connectivity index (χ2v) is 7.55. The number of hydrogen-bond acceptors (Lipinski definition) is 8. The van der Waals surface area contributed by atoms with E-state index in [0.717, 1.165) is 27.1 Å². The fourth-order valence-electron chi connectivity index (χ4n) is 3.47. The predicted molar refractivity (Wildman–Crippen MR) is 114 cm³/mol. The molecule has 152 valence electrons. The highest BCUT2D eigenvalue weighted by atomic mass is 32.1. The Bertz CT molecular complexity index is 1360. The summed E-state index contributed by atoms with van der Waals surface area (Å²) in [4.78, 5) is 0.661. The molecule has 0 saturated carbocycles. The largest absolute Gasteiger partial charge is 0.493 e. The fourth-order valence-corrected chi connectivity index (χ4v) is 4.29. The van der Waals surface area contributed by atoms with E-state index in [2.05, 4.69) is 10.2 Å². The number of fused-ring (bicyclic) bond motifs is 2. The number of ether oxygens (including phenoxy) is 3. The Hall–Kier alpha value is -3.59. The predicted octanol–water partition coefficient (Wildman–Crippen LogP) is 4.60. The number of rotatable bonds is 5. The summed E-state index contributed by atoms with van der Waals surface area (Å²) in [5, 5.41) is 15.1. The molecule has 3 heterocycles. The molecule has 5 rings (SSSR count). The zero-order valence-corrected chi connectivity index (χ0v) is 17.6. The van der Waals surface area contributed by atoms with E-state index in [1.54, 1.807) is 25.8 Å². The topological polar surface area (TPSA) is 83.9 Å². The first kappa shape index (κ1) is 18.4. The van der Waals surface area contributed by atoms with E-state index in [1.807, 2.05) is 43.3 Å². The molecule has 5 aromatic rings. The van der Waals surface area contributed by atoms with E-state index in [0.29, 0.717) is 33.8 Å². The molecular weight excluding hydrogens is 404 g/mol. The summed E-state index contributed by atoms with van der Waals surface area (Å²) >= 11 is 1.42. The summed E-state index contributed by atoms with van der Waals surface area (Å²) in [6.07, 6.45) is 0. The zero-order valence-electron chi connectivity index (χ0n) is 16.8. The van der Waals surface area contributed by atoms with Crippen molar-refractivity contribution in [1.29, 1.82) is 0 Å². The van der Waals surface area contributed by atoms with E-state index in [-0.39, 0.29) is 0 Å². The van der Waals surface area contributed by atoms with Gasteiger partial charge >= 0.3 is 0 Å². The van der Waals surface area contributed by atoms with E-state index in [1.165, 1.54) is 11.3 Å². The summed E-state index contributed by atoms with van der Waals surface area (Å²) in [5.74, 6) is 2.88. The Kier molecular flexibility index (Phi) is 4.32. The Morgan fingerprint density at radius 1 is 0.967 bits per heavy atom. The second-order valence-electron chi connectivity index (χ2n) is 6.59. The maximum absolute atomic E-state index is 6.05. The monoisotopic (exact) mass is 422 g/mol. The second kappa shape index (κ2) is 7.03. The summed E-state index contributed by atoms with van der Waals surface area (Å²) in [5.41, 5.74) is 2.64. The molecule has 0 aliphatic heterocycles. The van der Waals surface area contributed by atoms with Gasteiger partial charge in [0.25, 0.3) is 0 Å². The van der Waals surface area contributed by atoms with Crippen molar-refractivity contribution in [3.63, 3.8) is 0 Å². The molecule has 0 saturated heterocycles. The van der Waals surface area contributed by atoms with Crippen LogP contribution in [0.1, 0.15) is 5.56 Å². The Morgan fingerprint density at radius 3 is 2.37 bits per heavy atom. The Morgan fingerprint density at radius 2 is 1.70 bits per heavy atom. The highest BCUT2D eigenvalue weighted by molar-refractivity contribution is 7.19. The van der Waals surface area contributed by atoms with Crippen LogP contribution in [0.2, 0.25) is 0 Å². The third-order valence-electron chi connectivity index (χ3n) is 4.95. The summed E-state index contributed by atoms with van der Waals surface area (Å²) in [6.45, 7) is 2.01. The number of benzene rings is 2. The molecule has 0 N–H and O–H groups in total. The number of methoxy groups -OCH3 is 3. The first-order chi connectivity index (χ1) is 14.6. The molecule has 0 spiro atoms. The SMILES string of the molecule is COc1cc(-c2nn3c(-c4oc5ccccc5c4C)nnc3s2)cc(OC)c1OC. The minimum Gasteiger partial charge on any atom is -0.493 e. The highest BCUT2D eigenvalue weighted by Crippen LogP contribution is 2.42. The van der Waals surface area contributed by atoms with Crippen LogP contribution in [0.15, 0.2) is 40.8 Å². The number of para-hydroxylation sites is 1. The molecule has 0 amide bonds. The standard InChI is InChI=1S/C21H18N4O4S/c1-11-13-7-5-6-8-14(13)29-17(11)19-22-23-21-25(19)24-20(30-21)12-9-15(26-2)18(28-4)16(10-12)27-3/h5-10H,1-4H3. The zero-order chi connectivity index (χ0) is 20.8. The van der Waals surface area contributed by atoms with Crippen LogP contribution in [0.5, 0.6) is 17.2 Å². The maximum atomic E-state index is 6.05. The molecule has 2 aromatic carbocycles. The lowest BCUT2D eigenvalue weighted by Gasteiger charge is -2.13. The van der Waals surface area contributed by atoms with Crippen molar-refractivity contribution in [1.82, 2.24) is 19.8 Å². The lowest BCUT2D eigenvalue weighted by atomic mass is 10.1. The first-order valence-electron chi connectivity index (χ1n) is 9.15. The molecule has 0 atom stereocenters. The van der Waals surface area contributed by atoms with Gasteiger partial charge in [-0.3, -0.25) is 0 Å². The van der Waals surface area contributed by atoms with Crippen LogP contribution in [-0.4, -0.2) is 41.1 Å². The molecule has 0 fully saturated rings. The van der Waals surface area contributed by atoms with Crippen LogP contribution in [0.25, 0.3) is 38.1 Å². The molecule has 0 radical (unpaired) electrons. The van der Waals surface area contributed by atoms with Gasteiger partial charge in [0.15, 0.2) is 17.3 Å². The smallest absolute Gasteiger partial charge is 0.235 e. The van der Waals surface area contributed by atoms with Crippen molar-refractivity contribution in [2.45, 2.75) is 6.92 Å². The number of aromatic nitrogens is 4. The number of furan rings is 1. The van der Waals surface area contributed by atoms with Gasteiger partial charge in [0.05, 0.1) is 21.3 Å². The molecule has 9 heteroatoms. The normalized spacial score (nSPS) is 11.3. The van der Waals surface area contributed by atoms with Crippen LogP contribution in [0, 0.1) is 6.92 Å². The molecule has 0 aliphatic rings. The van der Waals surface area contributed by atoms with Crippen LogP contribution < -0.4 is 14.2 Å². The molecule has 3 aromatic heterocycles. The van der Waals surface area contributed by atoms with Crippen LogP contribution >= 0.6 is 11.3 Å². The minimum absolute atomic E-state index is 0.533. The summed E-state index contributed by atoms with van der Waals surface area (Å²) in [7, 11) is 4.75. The van der Waals surface area contributed by atoms with Crippen LogP contribution in [-0.2, 0) is 0 Å². The third-order valence-corrected chi connectivity index (χ3v) is 5.90. The van der Waals surface area contributed by atoms with Crippen LogP contribution in [0.3, 0.4) is 0 Å². The lowest BCUT2D eigenvalue weighted by Crippen LogP contribution is -1.96. The van der Waals surface area contributed by atoms with Crippen molar-refractivity contribution in [2.75, 3.05) is 21.3 Å². The molecule has 0 unspecified atom stereocenters. The maximum Gasteiger partial charge on any atom is 0.235 e.